The normalized spacial score (nSPS) is 15.4. The van der Waals surface area contributed by atoms with E-state index in [1.54, 1.807) is 6.92 Å². The molecule has 1 N–H and O–H groups in total. The Bertz CT molecular complexity index is 283. The van der Waals surface area contributed by atoms with Gasteiger partial charge in [-0.1, -0.05) is 0 Å². The van der Waals surface area contributed by atoms with Gasteiger partial charge in [-0.3, -0.25) is 4.79 Å². The van der Waals surface area contributed by atoms with Crippen molar-refractivity contribution < 1.29 is 23.0 Å². The fourth-order valence-electron chi connectivity index (χ4n) is 0.911. The first-order chi connectivity index (χ1) is 7.90. The van der Waals surface area contributed by atoms with Crippen molar-refractivity contribution >= 4 is 35.3 Å². The summed E-state index contributed by atoms with van der Waals surface area (Å²) in [6.45, 7) is -1.53. The molecule has 0 aromatic heterocycles. The van der Waals surface area contributed by atoms with Crippen LogP contribution in [0.2, 0.25) is 0 Å². The van der Waals surface area contributed by atoms with Gasteiger partial charge in [0, 0.05) is 27.0 Å². The van der Waals surface area contributed by atoms with Crippen molar-refractivity contribution in [2.75, 3.05) is 32.8 Å². The SMILES string of the molecule is CNC(=O)C(C)[S+]([O-])CCSP(=O)(OC)OC. The fraction of sp³-hybridized carbons (Fsp3) is 0.875. The molecule has 17 heavy (non-hydrogen) atoms. The van der Waals surface area contributed by atoms with Gasteiger partial charge in [0.2, 0.25) is 0 Å². The maximum absolute atomic E-state index is 11.7. The van der Waals surface area contributed by atoms with Gasteiger partial charge in [0.25, 0.3) is 5.91 Å². The summed E-state index contributed by atoms with van der Waals surface area (Å²) in [6.07, 6.45) is 0. The molecule has 102 valence electrons. The summed E-state index contributed by atoms with van der Waals surface area (Å²) in [6, 6.07) is 0. The van der Waals surface area contributed by atoms with Crippen LogP contribution in [0.4, 0.5) is 0 Å². The van der Waals surface area contributed by atoms with Crippen molar-refractivity contribution in [1.82, 2.24) is 5.32 Å². The zero-order valence-electron chi connectivity index (χ0n) is 10.3. The van der Waals surface area contributed by atoms with Crippen molar-refractivity contribution in [3.8, 4) is 0 Å². The maximum atomic E-state index is 11.7. The van der Waals surface area contributed by atoms with E-state index in [4.69, 9.17) is 9.05 Å². The Hall–Kier alpha value is 0.280. The van der Waals surface area contributed by atoms with Crippen LogP contribution >= 0.6 is 18.2 Å². The Kier molecular flexibility index (Phi) is 8.53. The van der Waals surface area contributed by atoms with Crippen molar-refractivity contribution in [3.05, 3.63) is 0 Å². The monoisotopic (exact) mass is 303 g/mol. The summed E-state index contributed by atoms with van der Waals surface area (Å²) in [5.74, 6) is 0.332. The van der Waals surface area contributed by atoms with E-state index >= 15 is 0 Å². The van der Waals surface area contributed by atoms with E-state index in [2.05, 4.69) is 5.32 Å². The largest absolute Gasteiger partial charge is 0.616 e. The van der Waals surface area contributed by atoms with E-state index in [0.29, 0.717) is 5.75 Å². The van der Waals surface area contributed by atoms with Crippen LogP contribution in [0.3, 0.4) is 0 Å². The van der Waals surface area contributed by atoms with Crippen LogP contribution < -0.4 is 5.32 Å². The van der Waals surface area contributed by atoms with Crippen LogP contribution in [0.25, 0.3) is 0 Å². The average molecular weight is 303 g/mol. The second-order valence-corrected chi connectivity index (χ2v) is 9.27. The topological polar surface area (TPSA) is 87.7 Å². The second kappa shape index (κ2) is 8.39. The molecule has 1 amide bonds. The number of nitrogens with one attached hydrogen (secondary N) is 1. The van der Waals surface area contributed by atoms with Crippen molar-refractivity contribution in [1.29, 1.82) is 0 Å². The van der Waals surface area contributed by atoms with Crippen molar-refractivity contribution in [3.63, 3.8) is 0 Å². The third-order valence-corrected chi connectivity index (χ3v) is 7.85. The first kappa shape index (κ1) is 17.3. The Balaban J connectivity index is 4.05. The molecule has 0 fully saturated rings. The van der Waals surface area contributed by atoms with E-state index in [-0.39, 0.29) is 11.7 Å². The molecule has 0 bridgehead atoms. The Morgan fingerprint density at radius 2 is 2.06 bits per heavy atom. The molecule has 0 heterocycles. The summed E-state index contributed by atoms with van der Waals surface area (Å²) in [4.78, 5) is 11.2. The lowest BCUT2D eigenvalue weighted by Gasteiger charge is -2.17. The number of hydrogen-bond donors (Lipinski definition) is 1. The Morgan fingerprint density at radius 3 is 2.47 bits per heavy atom. The summed E-state index contributed by atoms with van der Waals surface area (Å²) in [7, 11) is 4.08. The summed E-state index contributed by atoms with van der Waals surface area (Å²) in [5.41, 5.74) is 0. The zero-order chi connectivity index (χ0) is 13.5. The predicted octanol–water partition coefficient (Wildman–Crippen LogP) is 1.00. The highest BCUT2D eigenvalue weighted by Crippen LogP contribution is 2.59. The van der Waals surface area contributed by atoms with Crippen LogP contribution in [0.1, 0.15) is 6.92 Å². The molecule has 2 atom stereocenters. The van der Waals surface area contributed by atoms with E-state index in [1.165, 1.54) is 21.3 Å². The summed E-state index contributed by atoms with van der Waals surface area (Å²) >= 11 is -0.323. The molecule has 0 spiro atoms. The van der Waals surface area contributed by atoms with Crippen LogP contribution in [0.15, 0.2) is 0 Å². The molecule has 9 heteroatoms. The quantitative estimate of drug-likeness (QED) is 0.532. The van der Waals surface area contributed by atoms with Crippen molar-refractivity contribution in [2.45, 2.75) is 12.2 Å². The lowest BCUT2D eigenvalue weighted by Crippen LogP contribution is -2.37. The molecule has 0 saturated heterocycles. The Morgan fingerprint density at radius 1 is 1.53 bits per heavy atom. The molecule has 0 rings (SSSR count). The standard InChI is InChI=1S/C8H18NO5PS2/c1-7(8(10)9-2)17(12)6-5-16-15(11,13-3)14-4/h7H,5-6H2,1-4H3,(H,9,10). The molecule has 0 aliphatic rings. The van der Waals surface area contributed by atoms with E-state index < -0.39 is 23.2 Å². The molecule has 0 aromatic carbocycles. The molecule has 2 unspecified atom stereocenters. The number of carbonyl (C=O) groups excluding carboxylic acids is 1. The number of carbonyl (C=O) groups is 1. The van der Waals surface area contributed by atoms with Gasteiger partial charge in [-0.05, 0) is 29.5 Å². The van der Waals surface area contributed by atoms with Gasteiger partial charge in [0.15, 0.2) is 5.25 Å². The minimum Gasteiger partial charge on any atom is -0.616 e. The van der Waals surface area contributed by atoms with Gasteiger partial charge in [0.1, 0.15) is 5.75 Å². The molecule has 0 aliphatic heterocycles. The van der Waals surface area contributed by atoms with Gasteiger partial charge < -0.3 is 18.9 Å². The molecular formula is C8H18NO5PS2. The molecular weight excluding hydrogens is 285 g/mol. The molecule has 0 aliphatic carbocycles. The first-order valence-electron chi connectivity index (χ1n) is 4.85. The van der Waals surface area contributed by atoms with E-state index in [0.717, 1.165) is 11.4 Å². The predicted molar refractivity (Wildman–Crippen MR) is 70.6 cm³/mol. The summed E-state index contributed by atoms with van der Waals surface area (Å²) < 4.78 is 32.7. The van der Waals surface area contributed by atoms with E-state index in [9.17, 15) is 13.9 Å². The minimum atomic E-state index is -3.12. The fourth-order valence-corrected chi connectivity index (χ4v) is 5.13. The van der Waals surface area contributed by atoms with E-state index in [1.807, 2.05) is 0 Å². The first-order valence-corrected chi connectivity index (χ1v) is 9.36. The smallest absolute Gasteiger partial charge is 0.388 e. The lowest BCUT2D eigenvalue weighted by atomic mass is 10.4. The summed E-state index contributed by atoms with van der Waals surface area (Å²) in [5, 5.41) is 1.85. The number of hydrogen-bond acceptors (Lipinski definition) is 6. The molecule has 6 nitrogen and oxygen atoms in total. The minimum absolute atomic E-state index is 0.260. The van der Waals surface area contributed by atoms with Crippen molar-refractivity contribution in [2.24, 2.45) is 0 Å². The lowest BCUT2D eigenvalue weighted by molar-refractivity contribution is -0.119. The highest BCUT2D eigenvalue weighted by molar-refractivity contribution is 8.55. The molecule has 0 saturated carbocycles. The van der Waals surface area contributed by atoms with Crippen LogP contribution in [-0.2, 0) is 29.6 Å². The van der Waals surface area contributed by atoms with Crippen LogP contribution in [0.5, 0.6) is 0 Å². The zero-order valence-corrected chi connectivity index (χ0v) is 12.8. The molecule has 0 radical (unpaired) electrons. The van der Waals surface area contributed by atoms with Gasteiger partial charge in [-0.2, -0.15) is 0 Å². The van der Waals surface area contributed by atoms with Crippen LogP contribution in [0, 0.1) is 0 Å². The second-order valence-electron chi connectivity index (χ2n) is 2.99. The maximum Gasteiger partial charge on any atom is 0.388 e. The third kappa shape index (κ3) is 6.13. The highest BCUT2D eigenvalue weighted by atomic mass is 32.7. The molecule has 0 aromatic rings. The van der Waals surface area contributed by atoms with Gasteiger partial charge in [-0.25, -0.2) is 4.57 Å². The third-order valence-electron chi connectivity index (χ3n) is 1.99. The average Bonchev–Trinajstić information content (AvgIpc) is 2.36. The van der Waals surface area contributed by atoms with Gasteiger partial charge >= 0.3 is 6.80 Å². The van der Waals surface area contributed by atoms with Gasteiger partial charge in [0.05, 0.1) is 0 Å². The number of rotatable bonds is 8. The number of amides is 1. The Labute approximate surface area is 109 Å². The van der Waals surface area contributed by atoms with Crippen LogP contribution in [-0.4, -0.2) is 48.5 Å². The van der Waals surface area contributed by atoms with Gasteiger partial charge in [-0.15, -0.1) is 0 Å². The highest BCUT2D eigenvalue weighted by Gasteiger charge is 2.27.